The Morgan fingerprint density at radius 2 is 1.90 bits per heavy atom. The van der Waals surface area contributed by atoms with Gasteiger partial charge in [-0.05, 0) is 37.3 Å². The number of nitriles is 1. The van der Waals surface area contributed by atoms with Crippen molar-refractivity contribution in [2.75, 3.05) is 31.4 Å². The van der Waals surface area contributed by atoms with Gasteiger partial charge in [-0.15, -0.1) is 11.8 Å². The van der Waals surface area contributed by atoms with Crippen LogP contribution in [-0.2, 0) is 19.1 Å². The van der Waals surface area contributed by atoms with Gasteiger partial charge in [0.15, 0.2) is 6.61 Å². The van der Waals surface area contributed by atoms with E-state index in [0.29, 0.717) is 22.8 Å². The van der Waals surface area contributed by atoms with Gasteiger partial charge < -0.3 is 20.1 Å². The number of ether oxygens (including phenoxy) is 2. The summed E-state index contributed by atoms with van der Waals surface area (Å²) in [6.07, 6.45) is 0. The molecular formula is C22H23N3O5S. The van der Waals surface area contributed by atoms with E-state index in [-0.39, 0.29) is 23.3 Å². The number of nitrogens with one attached hydrogen (secondary N) is 2. The number of carbonyl (C=O) groups excluding carboxylic acids is 3. The van der Waals surface area contributed by atoms with Crippen molar-refractivity contribution < 1.29 is 23.9 Å². The van der Waals surface area contributed by atoms with Gasteiger partial charge in [0.1, 0.15) is 0 Å². The number of thioether (sulfide) groups is 1. The largest absolute Gasteiger partial charge is 0.452 e. The van der Waals surface area contributed by atoms with E-state index < -0.39 is 18.5 Å². The molecule has 162 valence electrons. The summed E-state index contributed by atoms with van der Waals surface area (Å²) >= 11 is 1.17. The van der Waals surface area contributed by atoms with E-state index in [4.69, 9.17) is 14.7 Å². The molecule has 2 N–H and O–H groups in total. The van der Waals surface area contributed by atoms with E-state index >= 15 is 0 Å². The molecule has 0 saturated heterocycles. The summed E-state index contributed by atoms with van der Waals surface area (Å²) in [5, 5.41) is 14.3. The molecule has 9 heteroatoms. The molecule has 2 aromatic rings. The van der Waals surface area contributed by atoms with Gasteiger partial charge in [0, 0.05) is 23.7 Å². The number of nitrogens with zero attached hydrogens (tertiary/aromatic N) is 1. The van der Waals surface area contributed by atoms with Crippen molar-refractivity contribution in [3.05, 3.63) is 59.7 Å². The van der Waals surface area contributed by atoms with Crippen molar-refractivity contribution in [2.45, 2.75) is 17.9 Å². The van der Waals surface area contributed by atoms with E-state index in [1.807, 2.05) is 6.07 Å². The summed E-state index contributed by atoms with van der Waals surface area (Å²) in [5.41, 5.74) is 1.23. The highest BCUT2D eigenvalue weighted by Gasteiger charge is 2.16. The van der Waals surface area contributed by atoms with Crippen LogP contribution in [0.25, 0.3) is 0 Å². The van der Waals surface area contributed by atoms with Gasteiger partial charge in [0.2, 0.25) is 5.91 Å². The van der Waals surface area contributed by atoms with Crippen LogP contribution in [-0.4, -0.2) is 49.9 Å². The second-order valence-electron chi connectivity index (χ2n) is 6.53. The van der Waals surface area contributed by atoms with E-state index in [2.05, 4.69) is 10.6 Å². The quantitative estimate of drug-likeness (QED) is 0.430. The molecule has 0 fully saturated rings. The highest BCUT2D eigenvalue weighted by Crippen LogP contribution is 2.23. The Morgan fingerprint density at radius 1 is 1.13 bits per heavy atom. The average molecular weight is 442 g/mol. The Labute approximate surface area is 184 Å². The number of methoxy groups -OCH3 is 1. The van der Waals surface area contributed by atoms with Gasteiger partial charge in [-0.25, -0.2) is 4.79 Å². The Kier molecular flexibility index (Phi) is 9.55. The van der Waals surface area contributed by atoms with Gasteiger partial charge in [-0.3, -0.25) is 9.59 Å². The van der Waals surface area contributed by atoms with E-state index in [1.54, 1.807) is 55.5 Å². The predicted octanol–water partition coefficient (Wildman–Crippen LogP) is 2.60. The maximum absolute atomic E-state index is 12.4. The molecule has 31 heavy (non-hydrogen) atoms. The molecule has 0 aromatic heterocycles. The fourth-order valence-corrected chi connectivity index (χ4v) is 3.43. The number of carbonyl (C=O) groups is 3. The van der Waals surface area contributed by atoms with E-state index in [9.17, 15) is 14.4 Å². The van der Waals surface area contributed by atoms with Crippen LogP contribution in [0.5, 0.6) is 0 Å². The van der Waals surface area contributed by atoms with Gasteiger partial charge in [-0.2, -0.15) is 5.26 Å². The summed E-state index contributed by atoms with van der Waals surface area (Å²) in [6.45, 7) is 1.71. The molecule has 0 saturated carbocycles. The first kappa shape index (κ1) is 23.9. The van der Waals surface area contributed by atoms with Crippen molar-refractivity contribution >= 4 is 35.2 Å². The molecule has 0 spiro atoms. The van der Waals surface area contributed by atoms with Crippen molar-refractivity contribution in [2.24, 2.45) is 0 Å². The Balaban J connectivity index is 1.90. The lowest BCUT2D eigenvalue weighted by Crippen LogP contribution is -2.38. The molecule has 1 unspecified atom stereocenters. The highest BCUT2D eigenvalue weighted by atomic mass is 32.2. The van der Waals surface area contributed by atoms with Crippen molar-refractivity contribution in [1.29, 1.82) is 5.26 Å². The van der Waals surface area contributed by atoms with Crippen molar-refractivity contribution in [3.8, 4) is 6.07 Å². The molecular weight excluding hydrogens is 418 g/mol. The van der Waals surface area contributed by atoms with Crippen LogP contribution < -0.4 is 10.6 Å². The summed E-state index contributed by atoms with van der Waals surface area (Å²) in [4.78, 5) is 37.1. The first-order chi connectivity index (χ1) is 14.9. The Morgan fingerprint density at radius 3 is 2.65 bits per heavy atom. The van der Waals surface area contributed by atoms with Crippen LogP contribution in [0.3, 0.4) is 0 Å². The van der Waals surface area contributed by atoms with Crippen LogP contribution in [0.15, 0.2) is 53.4 Å². The zero-order valence-electron chi connectivity index (χ0n) is 17.2. The smallest absolute Gasteiger partial charge is 0.339 e. The lowest BCUT2D eigenvalue weighted by atomic mass is 10.2. The van der Waals surface area contributed by atoms with Gasteiger partial charge >= 0.3 is 5.97 Å². The van der Waals surface area contributed by atoms with Crippen LogP contribution in [0, 0.1) is 11.3 Å². The molecule has 0 aliphatic carbocycles. The summed E-state index contributed by atoms with van der Waals surface area (Å²) < 4.78 is 10.0. The van der Waals surface area contributed by atoms with Gasteiger partial charge in [-0.1, -0.05) is 18.2 Å². The molecule has 0 heterocycles. The van der Waals surface area contributed by atoms with Crippen LogP contribution in [0.4, 0.5) is 5.69 Å². The summed E-state index contributed by atoms with van der Waals surface area (Å²) in [6, 6.07) is 15.1. The van der Waals surface area contributed by atoms with Gasteiger partial charge in [0.25, 0.3) is 5.91 Å². The standard InChI is InChI=1S/C22H23N3O5S/c1-15(12-29-2)24-20(26)13-30-22(28)18-8-3-4-9-19(18)31-14-21(27)25-17-7-5-6-16(10-17)11-23/h3-10,15H,12-14H2,1-2H3,(H,24,26)(H,25,27). The SMILES string of the molecule is COCC(C)NC(=O)COC(=O)c1ccccc1SCC(=O)Nc1cccc(C#N)c1. The molecule has 0 bridgehead atoms. The number of rotatable bonds is 10. The Hall–Kier alpha value is -3.35. The van der Waals surface area contributed by atoms with Gasteiger partial charge in [0.05, 0.1) is 29.6 Å². The average Bonchev–Trinajstić information content (AvgIpc) is 2.76. The molecule has 2 aromatic carbocycles. The molecule has 8 nitrogen and oxygen atoms in total. The minimum Gasteiger partial charge on any atom is -0.452 e. The first-order valence-corrected chi connectivity index (χ1v) is 10.4. The minimum absolute atomic E-state index is 0.0517. The Bertz CT molecular complexity index is 974. The topological polar surface area (TPSA) is 118 Å². The normalized spacial score (nSPS) is 11.1. The fraction of sp³-hybridized carbons (Fsp3) is 0.273. The number of benzene rings is 2. The number of hydrogen-bond donors (Lipinski definition) is 2. The second kappa shape index (κ2) is 12.4. The monoisotopic (exact) mass is 441 g/mol. The fourth-order valence-electron chi connectivity index (χ4n) is 2.59. The zero-order chi connectivity index (χ0) is 22.6. The number of esters is 1. The maximum atomic E-state index is 12.4. The number of anilines is 1. The third-order valence-corrected chi connectivity index (χ3v) is 4.97. The highest BCUT2D eigenvalue weighted by molar-refractivity contribution is 8.00. The summed E-state index contributed by atoms with van der Waals surface area (Å²) in [7, 11) is 1.53. The molecule has 2 amide bonds. The van der Waals surface area contributed by atoms with Crippen molar-refractivity contribution in [1.82, 2.24) is 5.32 Å². The minimum atomic E-state index is -0.653. The molecule has 0 radical (unpaired) electrons. The molecule has 0 aliphatic rings. The predicted molar refractivity (Wildman–Crippen MR) is 117 cm³/mol. The molecule has 0 aliphatic heterocycles. The number of hydrogen-bond acceptors (Lipinski definition) is 7. The second-order valence-corrected chi connectivity index (χ2v) is 7.54. The molecule has 2 rings (SSSR count). The van der Waals surface area contributed by atoms with E-state index in [0.717, 1.165) is 0 Å². The number of amides is 2. The maximum Gasteiger partial charge on any atom is 0.339 e. The first-order valence-electron chi connectivity index (χ1n) is 9.40. The third-order valence-electron chi connectivity index (χ3n) is 3.90. The van der Waals surface area contributed by atoms with E-state index in [1.165, 1.54) is 18.9 Å². The molecule has 1 atom stereocenters. The van der Waals surface area contributed by atoms with Crippen molar-refractivity contribution in [3.63, 3.8) is 0 Å². The van der Waals surface area contributed by atoms with Crippen LogP contribution in [0.2, 0.25) is 0 Å². The van der Waals surface area contributed by atoms with Crippen LogP contribution in [0.1, 0.15) is 22.8 Å². The third kappa shape index (κ3) is 8.12. The van der Waals surface area contributed by atoms with Crippen LogP contribution >= 0.6 is 11.8 Å². The lowest BCUT2D eigenvalue weighted by Gasteiger charge is -2.13. The summed E-state index contributed by atoms with van der Waals surface area (Å²) in [5.74, 6) is -1.31. The zero-order valence-corrected chi connectivity index (χ0v) is 18.0. The lowest BCUT2D eigenvalue weighted by molar-refractivity contribution is -0.125.